The summed E-state index contributed by atoms with van der Waals surface area (Å²) in [5.41, 5.74) is 4.92. The molecular formula is C25H25N5OS. The molecule has 2 aromatic heterocycles. The summed E-state index contributed by atoms with van der Waals surface area (Å²) in [6, 6.07) is 21.0. The molecule has 1 fully saturated rings. The van der Waals surface area contributed by atoms with Crippen LogP contribution in [0.4, 0.5) is 5.69 Å². The zero-order valence-electron chi connectivity index (χ0n) is 17.9. The molecule has 2 aromatic carbocycles. The first-order valence-electron chi connectivity index (χ1n) is 10.9. The summed E-state index contributed by atoms with van der Waals surface area (Å²) in [5, 5.41) is 10.8. The Hall–Kier alpha value is -3.16. The fourth-order valence-electron chi connectivity index (χ4n) is 4.23. The molecule has 1 atom stereocenters. The minimum absolute atomic E-state index is 0.183. The molecular weight excluding hydrogens is 418 g/mol. The van der Waals surface area contributed by atoms with Crippen LogP contribution in [0.5, 0.6) is 0 Å². The average Bonchev–Trinajstić information content (AvgIpc) is 3.22. The Kier molecular flexibility index (Phi) is 5.92. The number of nitrogens with one attached hydrogen (secondary N) is 1. The number of nitrogens with zero attached hydrogens (tertiary/aromatic N) is 4. The van der Waals surface area contributed by atoms with Crippen molar-refractivity contribution >= 4 is 34.6 Å². The van der Waals surface area contributed by atoms with Crippen molar-refractivity contribution in [2.45, 2.75) is 18.0 Å². The number of carbonyl (C=O) groups excluding carboxylic acids is 1. The molecule has 1 aliphatic rings. The zero-order valence-corrected chi connectivity index (χ0v) is 18.8. The normalized spacial score (nSPS) is 16.4. The van der Waals surface area contributed by atoms with E-state index in [1.54, 1.807) is 18.0 Å². The van der Waals surface area contributed by atoms with E-state index in [0.29, 0.717) is 5.69 Å². The summed E-state index contributed by atoms with van der Waals surface area (Å²) in [7, 11) is 0. The number of thioether (sulfide) groups is 1. The number of aromatic nitrogens is 3. The minimum Gasteiger partial charge on any atom is -0.368 e. The number of rotatable bonds is 6. The van der Waals surface area contributed by atoms with Gasteiger partial charge in [0.05, 0.1) is 11.2 Å². The van der Waals surface area contributed by atoms with Crippen LogP contribution in [0.15, 0.2) is 71.9 Å². The van der Waals surface area contributed by atoms with Crippen LogP contribution >= 0.6 is 11.8 Å². The Balaban J connectivity index is 1.50. The van der Waals surface area contributed by atoms with Gasteiger partial charge in [0.1, 0.15) is 10.7 Å². The highest BCUT2D eigenvalue weighted by molar-refractivity contribution is 7.99. The molecule has 1 N–H and O–H groups in total. The van der Waals surface area contributed by atoms with E-state index in [9.17, 15) is 4.79 Å². The Morgan fingerprint density at radius 2 is 2.00 bits per heavy atom. The second-order valence-electron chi connectivity index (χ2n) is 7.77. The van der Waals surface area contributed by atoms with Crippen LogP contribution < -0.4 is 10.2 Å². The van der Waals surface area contributed by atoms with E-state index in [0.717, 1.165) is 53.6 Å². The van der Waals surface area contributed by atoms with Crippen molar-refractivity contribution in [3.05, 3.63) is 78.1 Å². The fourth-order valence-corrected chi connectivity index (χ4v) is 4.98. The molecule has 0 radical (unpaired) electrons. The fraction of sp³-hybridized carbons (Fsp3) is 0.240. The minimum atomic E-state index is 0.183. The van der Waals surface area contributed by atoms with E-state index < -0.39 is 0 Å². The van der Waals surface area contributed by atoms with E-state index in [4.69, 9.17) is 5.10 Å². The number of carbonyl (C=O) groups is 1. The zero-order chi connectivity index (χ0) is 21.9. The third kappa shape index (κ3) is 4.01. The lowest BCUT2D eigenvalue weighted by Crippen LogP contribution is -2.45. The van der Waals surface area contributed by atoms with Crippen molar-refractivity contribution in [3.63, 3.8) is 0 Å². The van der Waals surface area contributed by atoms with Gasteiger partial charge in [-0.25, -0.2) is 4.68 Å². The van der Waals surface area contributed by atoms with Gasteiger partial charge in [0.2, 0.25) is 0 Å². The first-order chi connectivity index (χ1) is 15.8. The summed E-state index contributed by atoms with van der Waals surface area (Å²) in [6.07, 6.45) is 2.50. The van der Waals surface area contributed by atoms with E-state index in [-0.39, 0.29) is 6.04 Å². The SMILES string of the molecule is CCSc1nn(-c2ccccc2)c2cc(C3CN(c4ccnc(C=O)c4)CCN3)ccc12. The largest absolute Gasteiger partial charge is 0.368 e. The van der Waals surface area contributed by atoms with Crippen LogP contribution in [0.1, 0.15) is 29.0 Å². The predicted octanol–water partition coefficient (Wildman–Crippen LogP) is 4.50. The van der Waals surface area contributed by atoms with Gasteiger partial charge in [0.25, 0.3) is 0 Å². The van der Waals surface area contributed by atoms with Crippen molar-refractivity contribution in [1.29, 1.82) is 0 Å². The number of hydrogen-bond acceptors (Lipinski definition) is 6. The molecule has 1 aliphatic heterocycles. The first-order valence-corrected chi connectivity index (χ1v) is 11.9. The molecule has 162 valence electrons. The van der Waals surface area contributed by atoms with E-state index in [1.807, 2.05) is 30.3 Å². The maximum Gasteiger partial charge on any atom is 0.168 e. The Bertz CT molecular complexity index is 1240. The number of benzene rings is 2. The quantitative estimate of drug-likeness (QED) is 0.350. The van der Waals surface area contributed by atoms with Crippen LogP contribution in [-0.2, 0) is 0 Å². The monoisotopic (exact) mass is 443 g/mol. The molecule has 7 heteroatoms. The van der Waals surface area contributed by atoms with Gasteiger partial charge in [-0.1, -0.05) is 31.2 Å². The Morgan fingerprint density at radius 1 is 1.12 bits per heavy atom. The van der Waals surface area contributed by atoms with Crippen LogP contribution in [0.2, 0.25) is 0 Å². The Morgan fingerprint density at radius 3 is 2.81 bits per heavy atom. The average molecular weight is 444 g/mol. The lowest BCUT2D eigenvalue weighted by atomic mass is 10.0. The van der Waals surface area contributed by atoms with Gasteiger partial charge in [-0.2, -0.15) is 5.10 Å². The molecule has 6 nitrogen and oxygen atoms in total. The highest BCUT2D eigenvalue weighted by Crippen LogP contribution is 2.32. The van der Waals surface area contributed by atoms with Crippen LogP contribution in [0.3, 0.4) is 0 Å². The van der Waals surface area contributed by atoms with Crippen LogP contribution in [-0.4, -0.2) is 46.4 Å². The molecule has 1 unspecified atom stereocenters. The van der Waals surface area contributed by atoms with Crippen molar-refractivity contribution in [1.82, 2.24) is 20.1 Å². The van der Waals surface area contributed by atoms with Crippen LogP contribution in [0.25, 0.3) is 16.6 Å². The van der Waals surface area contributed by atoms with Crippen molar-refractivity contribution in [2.24, 2.45) is 0 Å². The molecule has 0 bridgehead atoms. The number of pyridine rings is 1. The van der Waals surface area contributed by atoms with Gasteiger partial charge in [0, 0.05) is 42.9 Å². The second kappa shape index (κ2) is 9.14. The number of fused-ring (bicyclic) bond motifs is 1. The standard InChI is InChI=1S/C25H25N5OS/c1-2-32-25-22-9-8-18(14-24(22)30(28-25)20-6-4-3-5-7-20)23-16-29(13-12-27-23)21-10-11-26-19(15-21)17-31/h3-11,14-15,17,23,27H,2,12-13,16H2,1H3. The van der Waals surface area contributed by atoms with Crippen molar-refractivity contribution < 1.29 is 4.79 Å². The smallest absolute Gasteiger partial charge is 0.168 e. The van der Waals surface area contributed by atoms with Crippen LogP contribution in [0, 0.1) is 0 Å². The van der Waals surface area contributed by atoms with Gasteiger partial charge in [-0.15, -0.1) is 11.8 Å². The predicted molar refractivity (Wildman–Crippen MR) is 130 cm³/mol. The lowest BCUT2D eigenvalue weighted by Gasteiger charge is -2.35. The van der Waals surface area contributed by atoms with Gasteiger partial charge in [-0.3, -0.25) is 9.78 Å². The van der Waals surface area contributed by atoms with Gasteiger partial charge >= 0.3 is 0 Å². The number of aldehydes is 1. The van der Waals surface area contributed by atoms with Gasteiger partial charge in [0.15, 0.2) is 6.29 Å². The molecule has 1 saturated heterocycles. The summed E-state index contributed by atoms with van der Waals surface area (Å²) in [5.74, 6) is 0.983. The van der Waals surface area contributed by atoms with Gasteiger partial charge in [-0.05, 0) is 47.7 Å². The number of piperazine rings is 1. The molecule has 0 saturated carbocycles. The highest BCUT2D eigenvalue weighted by atomic mass is 32.2. The second-order valence-corrected chi connectivity index (χ2v) is 9.02. The topological polar surface area (TPSA) is 63.1 Å². The molecule has 5 rings (SSSR count). The number of para-hydroxylation sites is 1. The van der Waals surface area contributed by atoms with E-state index in [1.165, 1.54) is 10.9 Å². The maximum atomic E-state index is 11.1. The molecule has 4 aromatic rings. The summed E-state index contributed by atoms with van der Waals surface area (Å²) in [4.78, 5) is 17.6. The highest BCUT2D eigenvalue weighted by Gasteiger charge is 2.23. The third-order valence-electron chi connectivity index (χ3n) is 5.78. The maximum absolute atomic E-state index is 11.1. The van der Waals surface area contributed by atoms with E-state index in [2.05, 4.69) is 57.1 Å². The molecule has 0 amide bonds. The number of anilines is 1. The van der Waals surface area contributed by atoms with E-state index >= 15 is 0 Å². The third-order valence-corrected chi connectivity index (χ3v) is 6.65. The lowest BCUT2D eigenvalue weighted by molar-refractivity contribution is 0.111. The Labute approximate surface area is 191 Å². The first kappa shape index (κ1) is 20.7. The van der Waals surface area contributed by atoms with Crippen molar-refractivity contribution in [3.8, 4) is 5.69 Å². The molecule has 32 heavy (non-hydrogen) atoms. The summed E-state index contributed by atoms with van der Waals surface area (Å²) < 4.78 is 2.05. The molecule has 0 aliphatic carbocycles. The van der Waals surface area contributed by atoms with Crippen molar-refractivity contribution in [2.75, 3.05) is 30.3 Å². The molecule has 3 heterocycles. The number of hydrogen-bond donors (Lipinski definition) is 1. The van der Waals surface area contributed by atoms with Gasteiger partial charge < -0.3 is 10.2 Å². The molecule has 0 spiro atoms. The summed E-state index contributed by atoms with van der Waals surface area (Å²) >= 11 is 1.77. The summed E-state index contributed by atoms with van der Waals surface area (Å²) in [6.45, 7) is 4.74.